The molecule has 0 spiro atoms. The zero-order valence-corrected chi connectivity index (χ0v) is 10.3. The highest BCUT2D eigenvalue weighted by Gasteiger charge is 2.26. The van der Waals surface area contributed by atoms with Crippen LogP contribution in [-0.2, 0) is 0 Å². The van der Waals surface area contributed by atoms with Gasteiger partial charge in [0.2, 0.25) is 0 Å². The molecule has 1 saturated carbocycles. The van der Waals surface area contributed by atoms with Crippen molar-refractivity contribution in [2.45, 2.75) is 58.8 Å². The normalized spacial score (nSPS) is 32.1. The minimum atomic E-state index is 0.915. The third-order valence-corrected chi connectivity index (χ3v) is 4.25. The maximum absolute atomic E-state index is 2.46. The first kappa shape index (κ1) is 11.0. The molecule has 0 N–H and O–H groups in total. The van der Waals surface area contributed by atoms with Crippen molar-refractivity contribution in [2.75, 3.05) is 0 Å². The molecule has 0 saturated heterocycles. The van der Waals surface area contributed by atoms with Gasteiger partial charge >= 0.3 is 0 Å². The van der Waals surface area contributed by atoms with Crippen LogP contribution in [0.15, 0.2) is 23.3 Å². The van der Waals surface area contributed by atoms with Crippen molar-refractivity contribution in [3.8, 4) is 0 Å². The minimum Gasteiger partial charge on any atom is -0.0839 e. The molecule has 2 aliphatic carbocycles. The zero-order chi connectivity index (χ0) is 10.7. The molecule has 0 bridgehead atoms. The molecular weight excluding hydrogens is 180 g/mol. The van der Waals surface area contributed by atoms with Crippen molar-refractivity contribution in [3.05, 3.63) is 23.3 Å². The largest absolute Gasteiger partial charge is 0.0839 e. The highest BCUT2D eigenvalue weighted by atomic mass is 14.3. The molecular formula is C15H24. The van der Waals surface area contributed by atoms with Crippen LogP contribution < -0.4 is 0 Å². The fourth-order valence-corrected chi connectivity index (χ4v) is 3.33. The first-order valence-corrected chi connectivity index (χ1v) is 6.71. The minimum absolute atomic E-state index is 0.915. The molecule has 0 aromatic rings. The Hall–Kier alpha value is -0.520. The second kappa shape index (κ2) is 5.01. The van der Waals surface area contributed by atoms with E-state index in [1.807, 2.05) is 5.57 Å². The maximum atomic E-state index is 2.46. The lowest BCUT2D eigenvalue weighted by Crippen LogP contribution is -2.20. The van der Waals surface area contributed by atoms with Crippen LogP contribution >= 0.6 is 0 Å². The van der Waals surface area contributed by atoms with Gasteiger partial charge in [0.1, 0.15) is 0 Å². The highest BCUT2D eigenvalue weighted by Crippen LogP contribution is 2.39. The van der Waals surface area contributed by atoms with Crippen molar-refractivity contribution in [1.82, 2.24) is 0 Å². The van der Waals surface area contributed by atoms with E-state index in [1.54, 1.807) is 5.57 Å². The molecule has 0 nitrogen and oxygen atoms in total. The van der Waals surface area contributed by atoms with Crippen LogP contribution in [0.25, 0.3) is 0 Å². The van der Waals surface area contributed by atoms with E-state index in [0.717, 1.165) is 11.8 Å². The summed E-state index contributed by atoms with van der Waals surface area (Å²) in [4.78, 5) is 0. The van der Waals surface area contributed by atoms with Gasteiger partial charge in [-0.05, 0) is 43.1 Å². The molecule has 0 aliphatic heterocycles. The van der Waals surface area contributed by atoms with Crippen LogP contribution in [0, 0.1) is 11.8 Å². The molecule has 0 aromatic heterocycles. The predicted octanol–water partition coefficient (Wildman–Crippen LogP) is 4.87. The summed E-state index contributed by atoms with van der Waals surface area (Å²) in [5, 5.41) is 0. The first-order valence-electron chi connectivity index (χ1n) is 6.71. The highest BCUT2D eigenvalue weighted by molar-refractivity contribution is 5.31. The van der Waals surface area contributed by atoms with Crippen LogP contribution in [0.3, 0.4) is 0 Å². The van der Waals surface area contributed by atoms with Gasteiger partial charge < -0.3 is 0 Å². The topological polar surface area (TPSA) is 0 Å². The van der Waals surface area contributed by atoms with Crippen molar-refractivity contribution in [3.63, 3.8) is 0 Å². The summed E-state index contributed by atoms with van der Waals surface area (Å²) in [5.41, 5.74) is 3.47. The van der Waals surface area contributed by atoms with Crippen molar-refractivity contribution in [2.24, 2.45) is 11.8 Å². The van der Waals surface area contributed by atoms with Gasteiger partial charge in [-0.2, -0.15) is 0 Å². The number of rotatable bonds is 2. The van der Waals surface area contributed by atoms with Crippen LogP contribution in [0.1, 0.15) is 58.8 Å². The van der Waals surface area contributed by atoms with E-state index < -0.39 is 0 Å². The summed E-state index contributed by atoms with van der Waals surface area (Å²) in [5.74, 6) is 1.85. The summed E-state index contributed by atoms with van der Waals surface area (Å²) in [7, 11) is 0. The van der Waals surface area contributed by atoms with Crippen molar-refractivity contribution in [1.29, 1.82) is 0 Å². The fraction of sp³-hybridized carbons (Fsp3) is 0.733. The lowest BCUT2D eigenvalue weighted by Gasteiger charge is -2.33. The Kier molecular flexibility index (Phi) is 3.66. The number of allylic oxidation sites excluding steroid dienone is 4. The monoisotopic (exact) mass is 204 g/mol. The summed E-state index contributed by atoms with van der Waals surface area (Å²) < 4.78 is 0. The molecule has 0 aromatic carbocycles. The van der Waals surface area contributed by atoms with E-state index >= 15 is 0 Å². The third kappa shape index (κ3) is 2.35. The average molecular weight is 204 g/mol. The third-order valence-electron chi connectivity index (χ3n) is 4.25. The Morgan fingerprint density at radius 3 is 2.80 bits per heavy atom. The van der Waals surface area contributed by atoms with E-state index in [9.17, 15) is 0 Å². The summed E-state index contributed by atoms with van der Waals surface area (Å²) in [6.07, 6.45) is 14.4. The Morgan fingerprint density at radius 1 is 1.27 bits per heavy atom. The smallest absolute Gasteiger partial charge is 0.0172 e. The zero-order valence-electron chi connectivity index (χ0n) is 10.3. The molecule has 0 radical (unpaired) electrons. The molecule has 2 aliphatic rings. The second-order valence-corrected chi connectivity index (χ2v) is 5.21. The summed E-state index contributed by atoms with van der Waals surface area (Å²) in [6, 6.07) is 0. The van der Waals surface area contributed by atoms with Crippen molar-refractivity contribution >= 4 is 0 Å². The number of hydrogen-bond donors (Lipinski definition) is 0. The van der Waals surface area contributed by atoms with E-state index in [2.05, 4.69) is 26.0 Å². The van der Waals surface area contributed by atoms with E-state index in [-0.39, 0.29) is 0 Å². The lowest BCUT2D eigenvalue weighted by atomic mass is 9.72. The van der Waals surface area contributed by atoms with E-state index in [1.165, 1.54) is 44.9 Å². The van der Waals surface area contributed by atoms with Gasteiger partial charge in [-0.3, -0.25) is 0 Å². The maximum Gasteiger partial charge on any atom is -0.0172 e. The molecule has 84 valence electrons. The summed E-state index contributed by atoms with van der Waals surface area (Å²) in [6.45, 7) is 4.76. The van der Waals surface area contributed by atoms with Crippen LogP contribution in [0.2, 0.25) is 0 Å². The summed E-state index contributed by atoms with van der Waals surface area (Å²) >= 11 is 0. The van der Waals surface area contributed by atoms with E-state index in [4.69, 9.17) is 0 Å². The average Bonchev–Trinajstić information content (AvgIpc) is 2.30. The van der Waals surface area contributed by atoms with Gasteiger partial charge in [0.15, 0.2) is 0 Å². The quantitative estimate of drug-likeness (QED) is 0.602. The molecule has 2 atom stereocenters. The Morgan fingerprint density at radius 2 is 2.07 bits per heavy atom. The fourth-order valence-electron chi connectivity index (χ4n) is 3.33. The lowest BCUT2D eigenvalue weighted by molar-refractivity contribution is 0.286. The molecule has 2 rings (SSSR count). The van der Waals surface area contributed by atoms with Crippen LogP contribution in [-0.4, -0.2) is 0 Å². The SMILES string of the molecule is CCC1=C(C2CCCCC2C)CCC=C1. The van der Waals surface area contributed by atoms with Gasteiger partial charge in [0.05, 0.1) is 0 Å². The Balaban J connectivity index is 2.19. The number of hydrogen-bond acceptors (Lipinski definition) is 0. The molecule has 1 fully saturated rings. The molecule has 2 unspecified atom stereocenters. The predicted molar refractivity (Wildman–Crippen MR) is 66.8 cm³/mol. The van der Waals surface area contributed by atoms with Gasteiger partial charge in [0.25, 0.3) is 0 Å². The molecule has 0 heteroatoms. The van der Waals surface area contributed by atoms with Gasteiger partial charge in [-0.25, -0.2) is 0 Å². The Bertz CT molecular complexity index is 270. The first-order chi connectivity index (χ1) is 7.33. The van der Waals surface area contributed by atoms with Gasteiger partial charge in [0, 0.05) is 0 Å². The van der Waals surface area contributed by atoms with Crippen molar-refractivity contribution < 1.29 is 0 Å². The Labute approximate surface area is 94.5 Å². The van der Waals surface area contributed by atoms with Gasteiger partial charge in [-0.15, -0.1) is 0 Å². The van der Waals surface area contributed by atoms with Gasteiger partial charge in [-0.1, -0.05) is 50.8 Å². The molecule has 0 amide bonds. The van der Waals surface area contributed by atoms with E-state index in [0.29, 0.717) is 0 Å². The standard InChI is InChI=1S/C15H24/c1-3-13-9-5-7-11-15(13)14-10-6-4-8-12(14)2/h5,9,12,14H,3-4,6-8,10-11H2,1-2H3. The second-order valence-electron chi connectivity index (χ2n) is 5.21. The molecule has 0 heterocycles. The molecule has 15 heavy (non-hydrogen) atoms. The van der Waals surface area contributed by atoms with Crippen LogP contribution in [0.4, 0.5) is 0 Å². The van der Waals surface area contributed by atoms with Crippen LogP contribution in [0.5, 0.6) is 0 Å².